The molecule has 0 heterocycles. The first-order chi connectivity index (χ1) is 11.8. The molecule has 0 radical (unpaired) electrons. The largest absolute Gasteiger partial charge is 0.354 e. The Morgan fingerprint density at radius 2 is 1.76 bits per heavy atom. The van der Waals surface area contributed by atoms with Crippen molar-refractivity contribution in [2.45, 2.75) is 13.3 Å². The van der Waals surface area contributed by atoms with Gasteiger partial charge in [-0.3, -0.25) is 9.10 Å². The monoisotopic (exact) mass is 380 g/mol. The third kappa shape index (κ3) is 5.47. The van der Waals surface area contributed by atoms with E-state index < -0.39 is 10.0 Å². The Morgan fingerprint density at radius 3 is 2.40 bits per heavy atom. The molecule has 1 N–H and O–H groups in total. The fraction of sp³-hybridized carbons (Fsp3) is 0.278. The second-order valence-corrected chi connectivity index (χ2v) is 8.05. The van der Waals surface area contributed by atoms with E-state index in [-0.39, 0.29) is 25.4 Å². The second-order valence-electron chi connectivity index (χ2n) is 5.74. The molecule has 0 unspecified atom stereocenters. The highest BCUT2D eigenvalue weighted by Crippen LogP contribution is 2.26. The summed E-state index contributed by atoms with van der Waals surface area (Å²) in [5, 5.41) is 3.11. The standard InChI is InChI=1S/C18H21ClN2O3S/c1-14-7-3-4-8-15(14)13-18(22)20-11-12-21(25(2,23)24)17-10-6-5-9-16(17)19/h3-10H,11-13H2,1-2H3,(H,20,22). The van der Waals surface area contributed by atoms with Crippen molar-refractivity contribution in [2.75, 3.05) is 23.7 Å². The number of sulfonamides is 1. The number of anilines is 1. The van der Waals surface area contributed by atoms with E-state index in [0.717, 1.165) is 17.4 Å². The van der Waals surface area contributed by atoms with E-state index in [4.69, 9.17) is 11.6 Å². The Labute approximate surface area is 153 Å². The summed E-state index contributed by atoms with van der Waals surface area (Å²) in [4.78, 5) is 12.1. The molecule has 25 heavy (non-hydrogen) atoms. The van der Waals surface area contributed by atoms with Gasteiger partial charge >= 0.3 is 0 Å². The molecule has 0 saturated carbocycles. The average molecular weight is 381 g/mol. The van der Waals surface area contributed by atoms with E-state index in [0.29, 0.717) is 10.7 Å². The van der Waals surface area contributed by atoms with E-state index in [2.05, 4.69) is 5.32 Å². The molecule has 0 fully saturated rings. The third-order valence-corrected chi connectivity index (χ3v) is 5.27. The molecule has 0 aromatic heterocycles. The highest BCUT2D eigenvalue weighted by Gasteiger charge is 2.19. The van der Waals surface area contributed by atoms with Gasteiger partial charge in [0.1, 0.15) is 0 Å². The van der Waals surface area contributed by atoms with Gasteiger partial charge in [-0.1, -0.05) is 48.0 Å². The number of benzene rings is 2. The van der Waals surface area contributed by atoms with Gasteiger partial charge in [-0.25, -0.2) is 8.42 Å². The lowest BCUT2D eigenvalue weighted by molar-refractivity contribution is -0.120. The fourth-order valence-corrected chi connectivity index (χ4v) is 3.69. The molecule has 5 nitrogen and oxygen atoms in total. The third-order valence-electron chi connectivity index (χ3n) is 3.77. The molecular formula is C18H21ClN2O3S. The van der Waals surface area contributed by atoms with Gasteiger partial charge in [0, 0.05) is 6.54 Å². The van der Waals surface area contributed by atoms with Crippen LogP contribution in [0.2, 0.25) is 5.02 Å². The first-order valence-corrected chi connectivity index (χ1v) is 10.0. The topological polar surface area (TPSA) is 66.5 Å². The summed E-state index contributed by atoms with van der Waals surface area (Å²) in [5.74, 6) is -0.151. The number of rotatable bonds is 7. The minimum Gasteiger partial charge on any atom is -0.354 e. The molecule has 0 aliphatic carbocycles. The van der Waals surface area contributed by atoms with Crippen LogP contribution in [-0.4, -0.2) is 33.7 Å². The van der Waals surface area contributed by atoms with Crippen LogP contribution in [0.15, 0.2) is 48.5 Å². The molecule has 0 atom stereocenters. The zero-order valence-electron chi connectivity index (χ0n) is 14.2. The average Bonchev–Trinajstić information content (AvgIpc) is 2.54. The summed E-state index contributed by atoms with van der Waals surface area (Å²) < 4.78 is 25.3. The summed E-state index contributed by atoms with van der Waals surface area (Å²) in [6.45, 7) is 2.26. The number of nitrogens with zero attached hydrogens (tertiary/aromatic N) is 1. The van der Waals surface area contributed by atoms with Crippen molar-refractivity contribution in [2.24, 2.45) is 0 Å². The quantitative estimate of drug-likeness (QED) is 0.803. The molecule has 134 valence electrons. The SMILES string of the molecule is Cc1ccccc1CC(=O)NCCN(c1ccccc1Cl)S(C)(=O)=O. The molecule has 0 spiro atoms. The smallest absolute Gasteiger partial charge is 0.232 e. The molecule has 1 amide bonds. The molecule has 0 bridgehead atoms. The number of para-hydroxylation sites is 1. The number of carbonyl (C=O) groups excluding carboxylic acids is 1. The van der Waals surface area contributed by atoms with Crippen molar-refractivity contribution < 1.29 is 13.2 Å². The van der Waals surface area contributed by atoms with E-state index in [9.17, 15) is 13.2 Å². The number of carbonyl (C=O) groups is 1. The summed E-state index contributed by atoms with van der Waals surface area (Å²) in [6, 6.07) is 14.4. The van der Waals surface area contributed by atoms with Crippen molar-refractivity contribution in [3.63, 3.8) is 0 Å². The van der Waals surface area contributed by atoms with Gasteiger partial charge in [-0.15, -0.1) is 0 Å². The van der Waals surface area contributed by atoms with Gasteiger partial charge in [0.15, 0.2) is 0 Å². The first-order valence-electron chi connectivity index (χ1n) is 7.82. The fourth-order valence-electron chi connectivity index (χ4n) is 2.46. The Kier molecular flexibility index (Phi) is 6.45. The van der Waals surface area contributed by atoms with Crippen LogP contribution < -0.4 is 9.62 Å². The first kappa shape index (κ1) is 19.3. The van der Waals surface area contributed by atoms with E-state index in [1.807, 2.05) is 31.2 Å². The molecule has 2 aromatic rings. The van der Waals surface area contributed by atoms with Gasteiger partial charge in [-0.2, -0.15) is 0 Å². The van der Waals surface area contributed by atoms with E-state index in [1.165, 1.54) is 4.31 Å². The van der Waals surface area contributed by atoms with Crippen LogP contribution in [0.25, 0.3) is 0 Å². The van der Waals surface area contributed by atoms with Crippen LogP contribution in [-0.2, 0) is 21.2 Å². The minimum atomic E-state index is -3.51. The van der Waals surface area contributed by atoms with Crippen molar-refractivity contribution in [3.8, 4) is 0 Å². The van der Waals surface area contributed by atoms with Gasteiger partial charge in [0.2, 0.25) is 15.9 Å². The number of halogens is 1. The van der Waals surface area contributed by atoms with Gasteiger partial charge in [-0.05, 0) is 30.2 Å². The number of amides is 1. The molecule has 0 saturated heterocycles. The molecule has 7 heteroatoms. The zero-order chi connectivity index (χ0) is 18.4. The molecule has 0 aliphatic heterocycles. The molecule has 0 aliphatic rings. The Morgan fingerprint density at radius 1 is 1.12 bits per heavy atom. The van der Waals surface area contributed by atoms with Crippen LogP contribution in [0.4, 0.5) is 5.69 Å². The zero-order valence-corrected chi connectivity index (χ0v) is 15.8. The maximum absolute atomic E-state index is 12.1. The number of hydrogen-bond acceptors (Lipinski definition) is 3. The Hall–Kier alpha value is -2.05. The number of nitrogens with one attached hydrogen (secondary N) is 1. The Bertz CT molecular complexity index is 853. The normalized spacial score (nSPS) is 11.2. The van der Waals surface area contributed by atoms with Crippen LogP contribution in [0.5, 0.6) is 0 Å². The van der Waals surface area contributed by atoms with Gasteiger partial charge in [0.25, 0.3) is 0 Å². The maximum atomic E-state index is 12.1. The van der Waals surface area contributed by atoms with Crippen LogP contribution >= 0.6 is 11.6 Å². The molecule has 2 aromatic carbocycles. The van der Waals surface area contributed by atoms with Crippen LogP contribution in [0, 0.1) is 6.92 Å². The highest BCUT2D eigenvalue weighted by atomic mass is 35.5. The number of hydrogen-bond donors (Lipinski definition) is 1. The summed E-state index contributed by atoms with van der Waals surface area (Å²) in [7, 11) is -3.51. The van der Waals surface area contributed by atoms with Crippen LogP contribution in [0.1, 0.15) is 11.1 Å². The number of aryl methyl sites for hydroxylation is 1. The second kappa shape index (κ2) is 8.36. The van der Waals surface area contributed by atoms with Crippen molar-refractivity contribution in [1.29, 1.82) is 0 Å². The Balaban J connectivity index is 1.99. The van der Waals surface area contributed by atoms with Crippen molar-refractivity contribution in [1.82, 2.24) is 5.32 Å². The van der Waals surface area contributed by atoms with Crippen molar-refractivity contribution in [3.05, 3.63) is 64.7 Å². The van der Waals surface area contributed by atoms with E-state index in [1.54, 1.807) is 24.3 Å². The lowest BCUT2D eigenvalue weighted by Crippen LogP contribution is -2.38. The summed E-state index contributed by atoms with van der Waals surface area (Å²) in [5.41, 5.74) is 2.40. The lowest BCUT2D eigenvalue weighted by Gasteiger charge is -2.23. The lowest BCUT2D eigenvalue weighted by atomic mass is 10.1. The highest BCUT2D eigenvalue weighted by molar-refractivity contribution is 7.92. The predicted octanol–water partition coefficient (Wildman–Crippen LogP) is 2.77. The molecule has 2 rings (SSSR count). The minimum absolute atomic E-state index is 0.113. The summed E-state index contributed by atoms with van der Waals surface area (Å²) in [6.07, 6.45) is 1.38. The van der Waals surface area contributed by atoms with Crippen molar-refractivity contribution >= 4 is 33.2 Å². The molecular weight excluding hydrogens is 360 g/mol. The van der Waals surface area contributed by atoms with Gasteiger partial charge in [0.05, 0.1) is 29.9 Å². The predicted molar refractivity (Wildman–Crippen MR) is 102 cm³/mol. The van der Waals surface area contributed by atoms with E-state index >= 15 is 0 Å². The van der Waals surface area contributed by atoms with Gasteiger partial charge < -0.3 is 5.32 Å². The van der Waals surface area contributed by atoms with Crippen LogP contribution in [0.3, 0.4) is 0 Å². The summed E-state index contributed by atoms with van der Waals surface area (Å²) >= 11 is 6.10. The maximum Gasteiger partial charge on any atom is 0.232 e.